The highest BCUT2D eigenvalue weighted by molar-refractivity contribution is 5.94. The molecule has 0 unspecified atom stereocenters. The number of non-ortho nitro benzene ring substituents is 1. The Bertz CT molecular complexity index is 723. The first-order chi connectivity index (χ1) is 10.1. The van der Waals surface area contributed by atoms with Gasteiger partial charge in [0, 0.05) is 35.9 Å². The average molecular weight is 280 g/mol. The summed E-state index contributed by atoms with van der Waals surface area (Å²) in [6.07, 6.45) is 0. The van der Waals surface area contributed by atoms with Gasteiger partial charge in [-0.15, -0.1) is 0 Å². The van der Waals surface area contributed by atoms with Crippen LogP contribution in [0.15, 0.2) is 48.5 Å². The van der Waals surface area contributed by atoms with Crippen molar-refractivity contribution in [3.63, 3.8) is 0 Å². The van der Waals surface area contributed by atoms with Crippen molar-refractivity contribution in [2.24, 2.45) is 0 Å². The van der Waals surface area contributed by atoms with Gasteiger partial charge < -0.3 is 5.32 Å². The average Bonchev–Trinajstić information content (AvgIpc) is 2.53. The number of nitro groups is 1. The van der Waals surface area contributed by atoms with Gasteiger partial charge in [-0.3, -0.25) is 14.9 Å². The first-order valence-corrected chi connectivity index (χ1v) is 6.19. The van der Waals surface area contributed by atoms with E-state index in [0.29, 0.717) is 11.1 Å². The van der Waals surface area contributed by atoms with Crippen LogP contribution in [-0.2, 0) is 0 Å². The number of hydrogen-bond acceptors (Lipinski definition) is 3. The Morgan fingerprint density at radius 3 is 1.90 bits per heavy atom. The fourth-order valence-corrected chi connectivity index (χ4v) is 1.66. The lowest BCUT2D eigenvalue weighted by Crippen LogP contribution is -2.17. The van der Waals surface area contributed by atoms with Gasteiger partial charge in [-0.2, -0.15) is 0 Å². The fourth-order valence-electron chi connectivity index (χ4n) is 1.66. The molecule has 2 aromatic rings. The molecule has 0 radical (unpaired) electrons. The summed E-state index contributed by atoms with van der Waals surface area (Å²) in [4.78, 5) is 21.5. The smallest absolute Gasteiger partial charge is 0.269 e. The maximum atomic E-state index is 11.4. The third-order valence-electron chi connectivity index (χ3n) is 2.80. The molecule has 1 N–H and O–H groups in total. The van der Waals surface area contributed by atoms with Gasteiger partial charge in [-0.05, 0) is 36.4 Å². The molecule has 0 fully saturated rings. The second-order valence-electron chi connectivity index (χ2n) is 4.21. The number of nitrogens with one attached hydrogen (secondary N) is 1. The summed E-state index contributed by atoms with van der Waals surface area (Å²) in [5.74, 6) is 5.71. The Morgan fingerprint density at radius 1 is 1.00 bits per heavy atom. The summed E-state index contributed by atoms with van der Waals surface area (Å²) in [6, 6.07) is 12.9. The maximum Gasteiger partial charge on any atom is 0.269 e. The van der Waals surface area contributed by atoms with Crippen LogP contribution in [0.25, 0.3) is 0 Å². The van der Waals surface area contributed by atoms with E-state index in [2.05, 4.69) is 17.2 Å². The van der Waals surface area contributed by atoms with E-state index < -0.39 is 4.92 Å². The Morgan fingerprint density at radius 2 is 1.48 bits per heavy atom. The minimum atomic E-state index is -0.450. The first-order valence-electron chi connectivity index (χ1n) is 6.19. The largest absolute Gasteiger partial charge is 0.355 e. The van der Waals surface area contributed by atoms with E-state index in [0.717, 1.165) is 5.56 Å². The zero-order chi connectivity index (χ0) is 15.2. The molecule has 5 nitrogen and oxygen atoms in total. The van der Waals surface area contributed by atoms with Crippen molar-refractivity contribution in [1.82, 2.24) is 5.32 Å². The highest BCUT2D eigenvalue weighted by atomic mass is 16.6. The quantitative estimate of drug-likeness (QED) is 0.521. The summed E-state index contributed by atoms with van der Waals surface area (Å²) in [5, 5.41) is 13.1. The Balaban J connectivity index is 2.15. The number of benzene rings is 2. The molecule has 5 heteroatoms. The fraction of sp³-hybridized carbons (Fsp3) is 0.0625. The third kappa shape index (κ3) is 3.67. The molecule has 104 valence electrons. The lowest BCUT2D eigenvalue weighted by Gasteiger charge is -1.98. The predicted molar refractivity (Wildman–Crippen MR) is 78.9 cm³/mol. The number of rotatable bonds is 2. The second-order valence-corrected chi connectivity index (χ2v) is 4.21. The summed E-state index contributed by atoms with van der Waals surface area (Å²) in [7, 11) is 1.57. The van der Waals surface area contributed by atoms with Crippen molar-refractivity contribution in [2.45, 2.75) is 0 Å². The molecule has 0 aromatic heterocycles. The van der Waals surface area contributed by atoms with Crippen LogP contribution in [0.5, 0.6) is 0 Å². The Hall–Kier alpha value is -3.13. The lowest BCUT2D eigenvalue weighted by atomic mass is 10.1. The summed E-state index contributed by atoms with van der Waals surface area (Å²) in [5.41, 5.74) is 2.06. The van der Waals surface area contributed by atoms with Crippen molar-refractivity contribution in [3.05, 3.63) is 75.3 Å². The van der Waals surface area contributed by atoms with Crippen molar-refractivity contribution >= 4 is 11.6 Å². The highest BCUT2D eigenvalue weighted by Gasteiger charge is 2.03. The number of nitro benzene ring substituents is 1. The van der Waals surface area contributed by atoms with Gasteiger partial charge in [0.1, 0.15) is 0 Å². The first kappa shape index (κ1) is 14.3. The molecule has 0 saturated heterocycles. The molecule has 0 aliphatic rings. The molecule has 0 spiro atoms. The van der Waals surface area contributed by atoms with Crippen LogP contribution in [-0.4, -0.2) is 17.9 Å². The van der Waals surface area contributed by atoms with Gasteiger partial charge in [0.15, 0.2) is 0 Å². The van der Waals surface area contributed by atoms with E-state index >= 15 is 0 Å². The van der Waals surface area contributed by atoms with Crippen LogP contribution < -0.4 is 5.32 Å². The minimum absolute atomic E-state index is 0.0375. The Labute approximate surface area is 121 Å². The second kappa shape index (κ2) is 6.35. The van der Waals surface area contributed by atoms with Crippen LogP contribution in [0.3, 0.4) is 0 Å². The zero-order valence-electron chi connectivity index (χ0n) is 11.3. The topological polar surface area (TPSA) is 72.2 Å². The number of nitrogens with zero attached hydrogens (tertiary/aromatic N) is 1. The molecule has 2 aromatic carbocycles. The number of hydrogen-bond donors (Lipinski definition) is 1. The van der Waals surface area contributed by atoms with Gasteiger partial charge in [0.25, 0.3) is 11.6 Å². The molecular weight excluding hydrogens is 268 g/mol. The number of carbonyl (C=O) groups excluding carboxylic acids is 1. The van der Waals surface area contributed by atoms with E-state index in [9.17, 15) is 14.9 Å². The molecule has 0 saturated carbocycles. The van der Waals surface area contributed by atoms with E-state index in [1.807, 2.05) is 0 Å². The van der Waals surface area contributed by atoms with Crippen LogP contribution in [0.4, 0.5) is 5.69 Å². The van der Waals surface area contributed by atoms with E-state index in [1.54, 1.807) is 43.4 Å². The summed E-state index contributed by atoms with van der Waals surface area (Å²) < 4.78 is 0. The number of carbonyl (C=O) groups is 1. The third-order valence-corrected chi connectivity index (χ3v) is 2.80. The maximum absolute atomic E-state index is 11.4. The normalized spacial score (nSPS) is 9.38. The van der Waals surface area contributed by atoms with Gasteiger partial charge in [-0.1, -0.05) is 11.8 Å². The standard InChI is InChI=1S/C16H12N2O3/c1-17-16(19)14-8-4-12(5-9-14)2-3-13-6-10-15(11-7-13)18(20)21/h4-11H,1H3,(H,17,19). The molecule has 21 heavy (non-hydrogen) atoms. The molecule has 1 amide bonds. The molecule has 0 aliphatic carbocycles. The van der Waals surface area contributed by atoms with Crippen molar-refractivity contribution in [1.29, 1.82) is 0 Å². The van der Waals surface area contributed by atoms with Crippen molar-refractivity contribution < 1.29 is 9.72 Å². The molecular formula is C16H12N2O3. The molecule has 0 heterocycles. The van der Waals surface area contributed by atoms with E-state index in [4.69, 9.17) is 0 Å². The highest BCUT2D eigenvalue weighted by Crippen LogP contribution is 2.11. The molecule has 0 bridgehead atoms. The van der Waals surface area contributed by atoms with Gasteiger partial charge in [-0.25, -0.2) is 0 Å². The molecule has 0 atom stereocenters. The van der Waals surface area contributed by atoms with Gasteiger partial charge >= 0.3 is 0 Å². The van der Waals surface area contributed by atoms with Crippen LogP contribution in [0.2, 0.25) is 0 Å². The van der Waals surface area contributed by atoms with Gasteiger partial charge in [0.05, 0.1) is 4.92 Å². The predicted octanol–water partition coefficient (Wildman–Crippen LogP) is 2.35. The molecule has 0 aliphatic heterocycles. The van der Waals surface area contributed by atoms with E-state index in [-0.39, 0.29) is 11.6 Å². The van der Waals surface area contributed by atoms with Crippen LogP contribution >= 0.6 is 0 Å². The monoisotopic (exact) mass is 280 g/mol. The van der Waals surface area contributed by atoms with Crippen molar-refractivity contribution in [3.8, 4) is 11.8 Å². The van der Waals surface area contributed by atoms with Gasteiger partial charge in [0.2, 0.25) is 0 Å². The SMILES string of the molecule is CNC(=O)c1ccc(C#Cc2ccc([N+](=O)[O-])cc2)cc1. The zero-order valence-corrected chi connectivity index (χ0v) is 11.3. The lowest BCUT2D eigenvalue weighted by molar-refractivity contribution is -0.384. The Kier molecular flexibility index (Phi) is 4.32. The summed E-state index contributed by atoms with van der Waals surface area (Å²) >= 11 is 0. The minimum Gasteiger partial charge on any atom is -0.355 e. The van der Waals surface area contributed by atoms with Crippen LogP contribution in [0, 0.1) is 22.0 Å². The van der Waals surface area contributed by atoms with E-state index in [1.165, 1.54) is 12.1 Å². The van der Waals surface area contributed by atoms with Crippen LogP contribution in [0.1, 0.15) is 21.5 Å². The van der Waals surface area contributed by atoms with Crippen molar-refractivity contribution in [2.75, 3.05) is 7.05 Å². The summed E-state index contributed by atoms with van der Waals surface area (Å²) in [6.45, 7) is 0. The number of amides is 1. The molecule has 2 rings (SSSR count).